The fourth-order valence-electron chi connectivity index (χ4n) is 2.44. The molecule has 1 amide bonds. The standard InChI is InChI=1S/C20H20Cl2N2O2/c21-17-9-10-19(18(22)14-17)26-13-4-8-20(25)24(12-5-11-23)15-16-6-2-1-3-7-16/h1-3,6-7,9-10,14H,4-5,8,12-13,15H2. The zero-order valence-electron chi connectivity index (χ0n) is 14.3. The molecule has 0 N–H and O–H groups in total. The fourth-order valence-corrected chi connectivity index (χ4v) is 2.90. The van der Waals surface area contributed by atoms with E-state index < -0.39 is 0 Å². The number of amides is 1. The number of hydrogen-bond acceptors (Lipinski definition) is 3. The number of rotatable bonds is 9. The first-order valence-corrected chi connectivity index (χ1v) is 9.12. The summed E-state index contributed by atoms with van der Waals surface area (Å²) in [6.07, 6.45) is 1.23. The van der Waals surface area contributed by atoms with Gasteiger partial charge in [0.25, 0.3) is 0 Å². The van der Waals surface area contributed by atoms with Gasteiger partial charge < -0.3 is 9.64 Å². The van der Waals surface area contributed by atoms with E-state index in [2.05, 4.69) is 6.07 Å². The van der Waals surface area contributed by atoms with Crippen LogP contribution in [0.25, 0.3) is 0 Å². The van der Waals surface area contributed by atoms with Crippen LogP contribution in [0.1, 0.15) is 24.8 Å². The van der Waals surface area contributed by atoms with E-state index in [0.717, 1.165) is 5.56 Å². The van der Waals surface area contributed by atoms with Crippen molar-refractivity contribution >= 4 is 29.1 Å². The lowest BCUT2D eigenvalue weighted by Gasteiger charge is -2.22. The second-order valence-corrected chi connectivity index (χ2v) is 6.58. The summed E-state index contributed by atoms with van der Waals surface area (Å²) in [6.45, 7) is 1.31. The molecule has 6 heteroatoms. The van der Waals surface area contributed by atoms with E-state index in [0.29, 0.717) is 54.8 Å². The highest BCUT2D eigenvalue weighted by atomic mass is 35.5. The average Bonchev–Trinajstić information content (AvgIpc) is 2.64. The molecular formula is C20H20Cl2N2O2. The van der Waals surface area contributed by atoms with Gasteiger partial charge in [-0.2, -0.15) is 5.26 Å². The SMILES string of the molecule is N#CCCN(Cc1ccccc1)C(=O)CCCOc1ccc(Cl)cc1Cl. The molecule has 0 saturated carbocycles. The summed E-state index contributed by atoms with van der Waals surface area (Å²) in [6, 6.07) is 16.9. The van der Waals surface area contributed by atoms with Crippen molar-refractivity contribution in [1.29, 1.82) is 5.26 Å². The normalized spacial score (nSPS) is 10.2. The number of ether oxygens (including phenoxy) is 1. The Morgan fingerprint density at radius 1 is 1.15 bits per heavy atom. The molecule has 0 aliphatic carbocycles. The third-order valence-electron chi connectivity index (χ3n) is 3.75. The van der Waals surface area contributed by atoms with Crippen LogP contribution in [0.4, 0.5) is 0 Å². The lowest BCUT2D eigenvalue weighted by Crippen LogP contribution is -2.31. The first-order valence-electron chi connectivity index (χ1n) is 8.36. The van der Waals surface area contributed by atoms with Gasteiger partial charge in [0.1, 0.15) is 5.75 Å². The monoisotopic (exact) mass is 390 g/mol. The van der Waals surface area contributed by atoms with E-state index in [4.69, 9.17) is 33.2 Å². The molecule has 0 aromatic heterocycles. The van der Waals surface area contributed by atoms with Crippen molar-refractivity contribution in [3.8, 4) is 11.8 Å². The predicted molar refractivity (Wildman–Crippen MR) is 103 cm³/mol. The van der Waals surface area contributed by atoms with Crippen LogP contribution in [0.5, 0.6) is 5.75 Å². The molecule has 0 atom stereocenters. The quantitative estimate of drug-likeness (QED) is 0.559. The summed E-state index contributed by atoms with van der Waals surface area (Å²) in [5, 5.41) is 9.81. The van der Waals surface area contributed by atoms with Gasteiger partial charge in [-0.05, 0) is 30.2 Å². The molecule has 2 aromatic carbocycles. The van der Waals surface area contributed by atoms with E-state index in [1.165, 1.54) is 0 Å². The molecule has 0 spiro atoms. The first kappa shape index (κ1) is 20.1. The minimum atomic E-state index is 0.00917. The molecule has 0 fully saturated rings. The van der Waals surface area contributed by atoms with E-state index in [-0.39, 0.29) is 5.91 Å². The molecule has 2 rings (SSSR count). The third kappa shape index (κ3) is 6.59. The van der Waals surface area contributed by atoms with Crippen LogP contribution in [0.2, 0.25) is 10.0 Å². The number of benzene rings is 2. The summed E-state index contributed by atoms with van der Waals surface area (Å²) < 4.78 is 5.61. The van der Waals surface area contributed by atoms with Gasteiger partial charge in [0.05, 0.1) is 24.1 Å². The summed E-state index contributed by atoms with van der Waals surface area (Å²) in [5.74, 6) is 0.559. The molecular weight excluding hydrogens is 371 g/mol. The maximum Gasteiger partial charge on any atom is 0.223 e. The molecule has 0 heterocycles. The Bertz CT molecular complexity index is 760. The Hall–Kier alpha value is -2.22. The second kappa shape index (κ2) is 10.7. The van der Waals surface area contributed by atoms with Crippen molar-refractivity contribution < 1.29 is 9.53 Å². The van der Waals surface area contributed by atoms with E-state index in [1.54, 1.807) is 23.1 Å². The van der Waals surface area contributed by atoms with Crippen molar-refractivity contribution in [2.75, 3.05) is 13.2 Å². The van der Waals surface area contributed by atoms with Crippen molar-refractivity contribution in [2.45, 2.75) is 25.8 Å². The van der Waals surface area contributed by atoms with Crippen LogP contribution < -0.4 is 4.74 Å². The van der Waals surface area contributed by atoms with Gasteiger partial charge in [-0.1, -0.05) is 53.5 Å². The van der Waals surface area contributed by atoms with Crippen LogP contribution in [-0.2, 0) is 11.3 Å². The number of carbonyl (C=O) groups is 1. The molecule has 26 heavy (non-hydrogen) atoms. The second-order valence-electron chi connectivity index (χ2n) is 5.74. The van der Waals surface area contributed by atoms with Crippen molar-refractivity contribution in [1.82, 2.24) is 4.90 Å². The first-order chi connectivity index (χ1) is 12.6. The number of nitrogens with zero attached hydrogens (tertiary/aromatic N) is 2. The van der Waals surface area contributed by atoms with Gasteiger partial charge in [0.2, 0.25) is 5.91 Å². The fraction of sp³-hybridized carbons (Fsp3) is 0.300. The van der Waals surface area contributed by atoms with E-state index >= 15 is 0 Å². The van der Waals surface area contributed by atoms with Gasteiger partial charge in [-0.25, -0.2) is 0 Å². The summed E-state index contributed by atoms with van der Waals surface area (Å²) in [4.78, 5) is 14.2. The largest absolute Gasteiger partial charge is 0.492 e. The zero-order chi connectivity index (χ0) is 18.8. The van der Waals surface area contributed by atoms with Crippen LogP contribution in [0, 0.1) is 11.3 Å². The van der Waals surface area contributed by atoms with Crippen molar-refractivity contribution in [3.05, 3.63) is 64.1 Å². The van der Waals surface area contributed by atoms with Crippen molar-refractivity contribution in [2.24, 2.45) is 0 Å². The minimum Gasteiger partial charge on any atom is -0.492 e. The van der Waals surface area contributed by atoms with Crippen LogP contribution in [-0.4, -0.2) is 24.0 Å². The smallest absolute Gasteiger partial charge is 0.223 e. The summed E-state index contributed by atoms with van der Waals surface area (Å²) in [7, 11) is 0. The van der Waals surface area contributed by atoms with Crippen LogP contribution in [0.15, 0.2) is 48.5 Å². The highest BCUT2D eigenvalue weighted by Crippen LogP contribution is 2.27. The van der Waals surface area contributed by atoms with Gasteiger partial charge in [0, 0.05) is 24.5 Å². The molecule has 0 radical (unpaired) electrons. The molecule has 0 aliphatic heterocycles. The maximum atomic E-state index is 12.5. The number of hydrogen-bond donors (Lipinski definition) is 0. The topological polar surface area (TPSA) is 53.3 Å². The molecule has 136 valence electrons. The Morgan fingerprint density at radius 3 is 2.62 bits per heavy atom. The van der Waals surface area contributed by atoms with Gasteiger partial charge in [-0.3, -0.25) is 4.79 Å². The lowest BCUT2D eigenvalue weighted by atomic mass is 10.2. The molecule has 0 aliphatic rings. The number of halogens is 2. The molecule has 2 aromatic rings. The Labute approximate surface area is 163 Å². The lowest BCUT2D eigenvalue weighted by molar-refractivity contribution is -0.132. The minimum absolute atomic E-state index is 0.00917. The highest BCUT2D eigenvalue weighted by molar-refractivity contribution is 6.35. The van der Waals surface area contributed by atoms with Gasteiger partial charge in [0.15, 0.2) is 0 Å². The molecule has 0 saturated heterocycles. The van der Waals surface area contributed by atoms with Crippen LogP contribution in [0.3, 0.4) is 0 Å². The highest BCUT2D eigenvalue weighted by Gasteiger charge is 2.13. The molecule has 0 bridgehead atoms. The Morgan fingerprint density at radius 2 is 1.92 bits per heavy atom. The molecule has 4 nitrogen and oxygen atoms in total. The summed E-state index contributed by atoms with van der Waals surface area (Å²) >= 11 is 11.9. The number of nitriles is 1. The van der Waals surface area contributed by atoms with Crippen LogP contribution >= 0.6 is 23.2 Å². The van der Waals surface area contributed by atoms with E-state index in [9.17, 15) is 4.79 Å². The third-order valence-corrected chi connectivity index (χ3v) is 4.28. The number of carbonyl (C=O) groups excluding carboxylic acids is 1. The zero-order valence-corrected chi connectivity index (χ0v) is 15.8. The van der Waals surface area contributed by atoms with E-state index in [1.807, 2.05) is 30.3 Å². The van der Waals surface area contributed by atoms with Gasteiger partial charge >= 0.3 is 0 Å². The molecule has 0 unspecified atom stereocenters. The van der Waals surface area contributed by atoms with Crippen molar-refractivity contribution in [3.63, 3.8) is 0 Å². The predicted octanol–water partition coefficient (Wildman–Crippen LogP) is 5.09. The summed E-state index contributed by atoms with van der Waals surface area (Å²) in [5.41, 5.74) is 1.04. The Balaban J connectivity index is 1.83. The average molecular weight is 391 g/mol. The Kier molecular flexibility index (Phi) is 8.27. The van der Waals surface area contributed by atoms with Gasteiger partial charge in [-0.15, -0.1) is 0 Å². The maximum absolute atomic E-state index is 12.5.